The van der Waals surface area contributed by atoms with Crippen LogP contribution in [-0.2, 0) is 6.42 Å². The van der Waals surface area contributed by atoms with Crippen LogP contribution in [0.2, 0.25) is 0 Å². The number of likely N-dealkylation sites (N-methyl/N-ethyl adjacent to an activating group) is 1. The van der Waals surface area contributed by atoms with Crippen molar-refractivity contribution < 1.29 is 14.3 Å². The number of amides is 1. The minimum Gasteiger partial charge on any atom is -0.493 e. The van der Waals surface area contributed by atoms with Crippen LogP contribution in [0.3, 0.4) is 0 Å². The summed E-state index contributed by atoms with van der Waals surface area (Å²) in [6.45, 7) is 5.30. The molecule has 0 saturated carbocycles. The summed E-state index contributed by atoms with van der Waals surface area (Å²) < 4.78 is 10.8. The minimum absolute atomic E-state index is 0. The molecule has 1 aliphatic rings. The van der Waals surface area contributed by atoms with Gasteiger partial charge in [0.05, 0.1) is 14.2 Å². The van der Waals surface area contributed by atoms with E-state index in [0.717, 1.165) is 31.5 Å². The molecule has 134 valence electrons. The molecule has 1 aliphatic heterocycles. The molecule has 0 aromatic heterocycles. The van der Waals surface area contributed by atoms with Gasteiger partial charge in [-0.05, 0) is 38.4 Å². The molecule has 1 aromatic rings. The molecule has 1 amide bonds. The fraction of sp³-hybridized carbons (Fsp3) is 0.500. The zero-order chi connectivity index (χ0) is 16.8. The Labute approximate surface area is 150 Å². The van der Waals surface area contributed by atoms with Crippen molar-refractivity contribution in [3.63, 3.8) is 0 Å². The number of allylic oxidation sites excluding steroid dienone is 1. The molecule has 24 heavy (non-hydrogen) atoms. The summed E-state index contributed by atoms with van der Waals surface area (Å²) >= 11 is 0. The fourth-order valence-corrected chi connectivity index (χ4v) is 3.05. The number of hydrogen-bond donors (Lipinski definition) is 1. The molecule has 5 nitrogen and oxygen atoms in total. The first-order valence-corrected chi connectivity index (χ1v) is 7.96. The van der Waals surface area contributed by atoms with E-state index in [0.29, 0.717) is 29.5 Å². The standard InChI is InChI=1S/C18H26N2O3.ClH/c1-5-7-13-10-14(11-16(22-3)17(13)23-4)18(21)20-9-6-8-15(12-20)19-2;/h5,10-11,15,19H,1,6-9,12H2,2-4H3;1H. The summed E-state index contributed by atoms with van der Waals surface area (Å²) in [5, 5.41) is 3.26. The van der Waals surface area contributed by atoms with Gasteiger partial charge < -0.3 is 19.7 Å². The first-order valence-electron chi connectivity index (χ1n) is 7.96. The lowest BCUT2D eigenvalue weighted by atomic mass is 10.0. The zero-order valence-corrected chi connectivity index (χ0v) is 15.4. The zero-order valence-electron chi connectivity index (χ0n) is 14.6. The topological polar surface area (TPSA) is 50.8 Å². The molecule has 1 aromatic carbocycles. The molecular weight excluding hydrogens is 328 g/mol. The monoisotopic (exact) mass is 354 g/mol. The number of piperidine rings is 1. The van der Waals surface area contributed by atoms with Crippen LogP contribution in [-0.4, -0.2) is 51.2 Å². The second kappa shape index (κ2) is 9.55. The summed E-state index contributed by atoms with van der Waals surface area (Å²) in [7, 11) is 5.13. The maximum atomic E-state index is 12.9. The van der Waals surface area contributed by atoms with Crippen LogP contribution in [0.1, 0.15) is 28.8 Å². The van der Waals surface area contributed by atoms with Gasteiger partial charge in [-0.25, -0.2) is 0 Å². The molecule has 1 fully saturated rings. The van der Waals surface area contributed by atoms with Gasteiger partial charge in [0.2, 0.25) is 0 Å². The Morgan fingerprint density at radius 1 is 1.42 bits per heavy atom. The van der Waals surface area contributed by atoms with Crippen molar-refractivity contribution in [2.45, 2.75) is 25.3 Å². The number of benzene rings is 1. The van der Waals surface area contributed by atoms with Crippen molar-refractivity contribution in [2.24, 2.45) is 0 Å². The van der Waals surface area contributed by atoms with E-state index in [2.05, 4.69) is 11.9 Å². The lowest BCUT2D eigenvalue weighted by Crippen LogP contribution is -2.47. The van der Waals surface area contributed by atoms with Crippen molar-refractivity contribution in [1.29, 1.82) is 0 Å². The third-order valence-electron chi connectivity index (χ3n) is 4.28. The molecule has 0 spiro atoms. The predicted molar refractivity (Wildman–Crippen MR) is 98.7 cm³/mol. The number of ether oxygens (including phenoxy) is 2. The van der Waals surface area contributed by atoms with Crippen LogP contribution >= 0.6 is 12.4 Å². The Hall–Kier alpha value is -1.72. The van der Waals surface area contributed by atoms with Gasteiger partial charge in [0, 0.05) is 30.3 Å². The molecule has 1 atom stereocenters. The van der Waals surface area contributed by atoms with Gasteiger partial charge in [0.1, 0.15) is 0 Å². The summed E-state index contributed by atoms with van der Waals surface area (Å²) in [6, 6.07) is 4.01. The fourth-order valence-electron chi connectivity index (χ4n) is 3.05. The Kier molecular flexibility index (Phi) is 8.08. The quantitative estimate of drug-likeness (QED) is 0.798. The number of hydrogen-bond acceptors (Lipinski definition) is 4. The number of carbonyl (C=O) groups is 1. The Morgan fingerprint density at radius 3 is 2.75 bits per heavy atom. The molecule has 1 saturated heterocycles. The van der Waals surface area contributed by atoms with Gasteiger partial charge in [-0.2, -0.15) is 0 Å². The van der Waals surface area contributed by atoms with E-state index >= 15 is 0 Å². The highest BCUT2D eigenvalue weighted by molar-refractivity contribution is 5.95. The molecule has 6 heteroatoms. The van der Waals surface area contributed by atoms with Gasteiger partial charge in [-0.1, -0.05) is 6.08 Å². The minimum atomic E-state index is 0. The van der Waals surface area contributed by atoms with E-state index in [1.165, 1.54) is 0 Å². The Morgan fingerprint density at radius 2 is 2.17 bits per heavy atom. The first kappa shape index (κ1) is 20.3. The van der Waals surface area contributed by atoms with Crippen LogP contribution in [0.4, 0.5) is 0 Å². The number of likely N-dealkylation sites (tertiary alicyclic amines) is 1. The summed E-state index contributed by atoms with van der Waals surface area (Å²) in [6.07, 6.45) is 4.54. The second-order valence-electron chi connectivity index (χ2n) is 5.74. The predicted octanol–water partition coefficient (Wildman–Crippen LogP) is 2.68. The van der Waals surface area contributed by atoms with Gasteiger partial charge >= 0.3 is 0 Å². The van der Waals surface area contributed by atoms with Crippen LogP contribution < -0.4 is 14.8 Å². The Balaban J connectivity index is 0.00000288. The van der Waals surface area contributed by atoms with Crippen molar-refractivity contribution in [3.8, 4) is 11.5 Å². The molecule has 2 rings (SSSR count). The van der Waals surface area contributed by atoms with Crippen molar-refractivity contribution in [2.75, 3.05) is 34.4 Å². The van der Waals surface area contributed by atoms with Gasteiger partial charge in [-0.15, -0.1) is 19.0 Å². The smallest absolute Gasteiger partial charge is 0.254 e. The number of carbonyl (C=O) groups excluding carboxylic acids is 1. The molecule has 0 radical (unpaired) electrons. The molecule has 1 heterocycles. The SMILES string of the molecule is C=CCc1cc(C(=O)N2CCCC(NC)C2)cc(OC)c1OC.Cl. The number of nitrogens with one attached hydrogen (secondary N) is 1. The summed E-state index contributed by atoms with van der Waals surface area (Å²) in [5.74, 6) is 1.28. The third kappa shape index (κ3) is 4.42. The summed E-state index contributed by atoms with van der Waals surface area (Å²) in [5.41, 5.74) is 1.55. The normalized spacial score (nSPS) is 17.0. The average Bonchev–Trinajstić information content (AvgIpc) is 2.60. The molecule has 0 bridgehead atoms. The number of nitrogens with zero attached hydrogens (tertiary/aromatic N) is 1. The van der Waals surface area contributed by atoms with Crippen LogP contribution in [0.25, 0.3) is 0 Å². The van der Waals surface area contributed by atoms with E-state index in [4.69, 9.17) is 9.47 Å². The van der Waals surface area contributed by atoms with E-state index in [1.807, 2.05) is 18.0 Å². The molecule has 0 aliphatic carbocycles. The number of halogens is 1. The maximum absolute atomic E-state index is 12.9. The van der Waals surface area contributed by atoms with Crippen molar-refractivity contribution >= 4 is 18.3 Å². The van der Waals surface area contributed by atoms with Gasteiger partial charge in [0.15, 0.2) is 11.5 Å². The Bertz CT molecular complexity index is 578. The van der Waals surface area contributed by atoms with Crippen molar-refractivity contribution in [1.82, 2.24) is 10.2 Å². The molecule has 1 N–H and O–H groups in total. The lowest BCUT2D eigenvalue weighted by molar-refractivity contribution is 0.0697. The highest BCUT2D eigenvalue weighted by Gasteiger charge is 2.25. The third-order valence-corrected chi connectivity index (χ3v) is 4.28. The van der Waals surface area contributed by atoms with Gasteiger partial charge in [0.25, 0.3) is 5.91 Å². The van der Waals surface area contributed by atoms with Crippen LogP contribution in [0, 0.1) is 0 Å². The first-order chi connectivity index (χ1) is 11.1. The number of methoxy groups -OCH3 is 2. The average molecular weight is 355 g/mol. The molecule has 1 unspecified atom stereocenters. The highest BCUT2D eigenvalue weighted by Crippen LogP contribution is 2.33. The van der Waals surface area contributed by atoms with E-state index in [1.54, 1.807) is 26.4 Å². The summed E-state index contributed by atoms with van der Waals surface area (Å²) in [4.78, 5) is 14.8. The number of rotatable bonds is 6. The largest absolute Gasteiger partial charge is 0.493 e. The van der Waals surface area contributed by atoms with E-state index in [-0.39, 0.29) is 18.3 Å². The van der Waals surface area contributed by atoms with E-state index < -0.39 is 0 Å². The van der Waals surface area contributed by atoms with Crippen LogP contribution in [0.5, 0.6) is 11.5 Å². The second-order valence-corrected chi connectivity index (χ2v) is 5.74. The lowest BCUT2D eigenvalue weighted by Gasteiger charge is -2.32. The molecular formula is C18H27ClN2O3. The van der Waals surface area contributed by atoms with E-state index in [9.17, 15) is 4.79 Å². The maximum Gasteiger partial charge on any atom is 0.254 e. The van der Waals surface area contributed by atoms with Crippen molar-refractivity contribution in [3.05, 3.63) is 35.9 Å². The van der Waals surface area contributed by atoms with Gasteiger partial charge in [-0.3, -0.25) is 4.79 Å². The highest BCUT2D eigenvalue weighted by atomic mass is 35.5. The van der Waals surface area contributed by atoms with Crippen LogP contribution in [0.15, 0.2) is 24.8 Å².